The Bertz CT molecular complexity index is 1660. The highest BCUT2D eigenvalue weighted by Gasteiger charge is 2.23. The van der Waals surface area contributed by atoms with Crippen LogP contribution in [0.15, 0.2) is 60.8 Å². The molecule has 0 unspecified atom stereocenters. The molecule has 4 heterocycles. The Morgan fingerprint density at radius 3 is 2.74 bits per heavy atom. The fourth-order valence-corrected chi connectivity index (χ4v) is 4.53. The number of rotatable bonds is 9. The zero-order valence-corrected chi connectivity index (χ0v) is 20.6. The number of imidazole rings is 1. The van der Waals surface area contributed by atoms with Crippen LogP contribution in [-0.2, 0) is 24.3 Å². The molecule has 2 aromatic carbocycles. The quantitative estimate of drug-likeness (QED) is 0.282. The first kappa shape index (κ1) is 24.7. The number of benzene rings is 2. The van der Waals surface area contributed by atoms with E-state index < -0.39 is 17.6 Å². The van der Waals surface area contributed by atoms with E-state index in [1.54, 1.807) is 42.6 Å². The standard InChI is InChI=1S/C28H23F2N5O4/c29-21-13-20(23-2-1-3-27(33-23)39-15-18-6-8-31-34-18)22(30)10-17(21)12-26-32-24-5-4-16(28(36)37)11-25(24)35(26)14-19-7-9-38-19/h1-6,8,10-11,13,19H,7,9,12,14-15H2,(H,31,34)(H,36,37)/t19-/m0/s1. The first-order chi connectivity index (χ1) is 18.9. The highest BCUT2D eigenvalue weighted by atomic mass is 19.1. The molecule has 39 heavy (non-hydrogen) atoms. The van der Waals surface area contributed by atoms with E-state index in [9.17, 15) is 9.90 Å². The average Bonchev–Trinajstić information content (AvgIpc) is 3.54. The molecule has 5 aromatic rings. The summed E-state index contributed by atoms with van der Waals surface area (Å²) in [6.45, 7) is 1.29. The molecule has 0 spiro atoms. The second kappa shape index (κ2) is 10.3. The highest BCUT2D eigenvalue weighted by molar-refractivity contribution is 5.92. The molecule has 1 aliphatic rings. The molecule has 9 nitrogen and oxygen atoms in total. The van der Waals surface area contributed by atoms with Gasteiger partial charge in [-0.3, -0.25) is 5.10 Å². The van der Waals surface area contributed by atoms with Crippen LogP contribution in [-0.4, -0.2) is 48.5 Å². The number of fused-ring (bicyclic) bond motifs is 1. The van der Waals surface area contributed by atoms with Gasteiger partial charge in [0.15, 0.2) is 0 Å². The molecule has 198 valence electrons. The van der Waals surface area contributed by atoms with E-state index in [4.69, 9.17) is 9.47 Å². The third kappa shape index (κ3) is 5.08. The van der Waals surface area contributed by atoms with Crippen molar-refractivity contribution < 1.29 is 28.2 Å². The van der Waals surface area contributed by atoms with Gasteiger partial charge in [-0.25, -0.2) is 23.5 Å². The Morgan fingerprint density at radius 1 is 1.13 bits per heavy atom. The van der Waals surface area contributed by atoms with E-state index in [1.807, 2.05) is 4.57 Å². The zero-order chi connectivity index (χ0) is 26.9. The molecule has 1 saturated heterocycles. The molecule has 2 N–H and O–H groups in total. The van der Waals surface area contributed by atoms with Crippen LogP contribution in [0.3, 0.4) is 0 Å². The molecule has 1 aliphatic heterocycles. The average molecular weight is 532 g/mol. The van der Waals surface area contributed by atoms with Gasteiger partial charge in [-0.15, -0.1) is 0 Å². The summed E-state index contributed by atoms with van der Waals surface area (Å²) >= 11 is 0. The Morgan fingerprint density at radius 2 is 2.00 bits per heavy atom. The van der Waals surface area contributed by atoms with Crippen molar-refractivity contribution in [2.75, 3.05) is 6.61 Å². The number of nitrogens with one attached hydrogen (secondary N) is 1. The Balaban J connectivity index is 1.29. The number of pyridine rings is 1. The fraction of sp³-hybridized carbons (Fsp3) is 0.214. The molecule has 0 amide bonds. The van der Waals surface area contributed by atoms with E-state index >= 15 is 8.78 Å². The van der Waals surface area contributed by atoms with E-state index in [0.29, 0.717) is 30.0 Å². The molecule has 0 aliphatic carbocycles. The first-order valence-corrected chi connectivity index (χ1v) is 12.3. The third-order valence-electron chi connectivity index (χ3n) is 6.67. The minimum absolute atomic E-state index is 0.00529. The largest absolute Gasteiger partial charge is 0.478 e. The number of carbonyl (C=O) groups is 1. The smallest absolute Gasteiger partial charge is 0.335 e. The number of carboxylic acids is 1. The first-order valence-electron chi connectivity index (χ1n) is 12.3. The SMILES string of the molecule is O=C(O)c1ccc2nc(Cc3cc(F)c(-c4cccc(OCc5ccn[nH]5)n4)cc3F)n(C[C@@H]3CCO3)c2c1. The van der Waals surface area contributed by atoms with Crippen LogP contribution < -0.4 is 4.74 Å². The van der Waals surface area contributed by atoms with Crippen LogP contribution in [0.5, 0.6) is 5.88 Å². The van der Waals surface area contributed by atoms with Crippen molar-refractivity contribution >= 4 is 17.0 Å². The number of hydrogen-bond donors (Lipinski definition) is 2. The van der Waals surface area contributed by atoms with Gasteiger partial charge in [0.1, 0.15) is 24.1 Å². The van der Waals surface area contributed by atoms with Crippen LogP contribution >= 0.6 is 0 Å². The predicted octanol–water partition coefficient (Wildman–Crippen LogP) is 4.76. The molecule has 1 atom stereocenters. The van der Waals surface area contributed by atoms with Gasteiger partial charge in [0.25, 0.3) is 0 Å². The van der Waals surface area contributed by atoms with Gasteiger partial charge in [0.05, 0.1) is 40.6 Å². The molecular weight excluding hydrogens is 508 g/mol. The molecular formula is C28H23F2N5O4. The summed E-state index contributed by atoms with van der Waals surface area (Å²) in [5.41, 5.74) is 2.40. The number of hydrogen-bond acceptors (Lipinski definition) is 6. The highest BCUT2D eigenvalue weighted by Crippen LogP contribution is 2.29. The Hall–Kier alpha value is -4.64. The van der Waals surface area contributed by atoms with Crippen LogP contribution in [0.4, 0.5) is 8.78 Å². The van der Waals surface area contributed by atoms with Gasteiger partial charge in [-0.05, 0) is 54.4 Å². The summed E-state index contributed by atoms with van der Waals surface area (Å²) in [6.07, 6.45) is 2.42. The molecule has 3 aromatic heterocycles. The summed E-state index contributed by atoms with van der Waals surface area (Å²) in [5.74, 6) is -1.55. The van der Waals surface area contributed by atoms with Crippen molar-refractivity contribution in [3.05, 3.63) is 95.1 Å². The lowest BCUT2D eigenvalue weighted by atomic mass is 10.0. The van der Waals surface area contributed by atoms with Crippen molar-refractivity contribution in [1.29, 1.82) is 0 Å². The summed E-state index contributed by atoms with van der Waals surface area (Å²) in [6, 6.07) is 13.5. The number of ether oxygens (including phenoxy) is 2. The number of nitrogens with zero attached hydrogens (tertiary/aromatic N) is 4. The van der Waals surface area contributed by atoms with Crippen LogP contribution in [0, 0.1) is 11.6 Å². The Labute approximate surface area is 221 Å². The van der Waals surface area contributed by atoms with Crippen molar-refractivity contribution in [1.82, 2.24) is 24.7 Å². The van der Waals surface area contributed by atoms with Gasteiger partial charge >= 0.3 is 5.97 Å². The normalized spacial score (nSPS) is 14.9. The number of aromatic nitrogens is 5. The summed E-state index contributed by atoms with van der Waals surface area (Å²) in [5, 5.41) is 16.1. The van der Waals surface area contributed by atoms with Gasteiger partial charge in [-0.2, -0.15) is 5.10 Å². The second-order valence-electron chi connectivity index (χ2n) is 9.26. The van der Waals surface area contributed by atoms with E-state index in [-0.39, 0.29) is 47.4 Å². The third-order valence-corrected chi connectivity index (χ3v) is 6.67. The lowest BCUT2D eigenvalue weighted by molar-refractivity contribution is -0.0589. The maximum absolute atomic E-state index is 15.4. The van der Waals surface area contributed by atoms with Crippen LogP contribution in [0.1, 0.15) is 33.9 Å². The number of H-pyrrole nitrogens is 1. The molecule has 0 radical (unpaired) electrons. The van der Waals surface area contributed by atoms with Crippen molar-refractivity contribution in [2.45, 2.75) is 32.1 Å². The Kier molecular flexibility index (Phi) is 6.49. The van der Waals surface area contributed by atoms with Gasteiger partial charge < -0.3 is 19.1 Å². The van der Waals surface area contributed by atoms with Crippen molar-refractivity contribution in [3.63, 3.8) is 0 Å². The zero-order valence-electron chi connectivity index (χ0n) is 20.6. The lowest BCUT2D eigenvalue weighted by Gasteiger charge is -2.27. The minimum Gasteiger partial charge on any atom is -0.478 e. The number of carboxylic acid groups (broad SMARTS) is 1. The number of halogens is 2. The van der Waals surface area contributed by atoms with Crippen LogP contribution in [0.25, 0.3) is 22.3 Å². The van der Waals surface area contributed by atoms with Crippen molar-refractivity contribution in [3.8, 4) is 17.1 Å². The topological polar surface area (TPSA) is 115 Å². The predicted molar refractivity (Wildman–Crippen MR) is 136 cm³/mol. The minimum atomic E-state index is -1.06. The second-order valence-corrected chi connectivity index (χ2v) is 9.26. The molecule has 0 saturated carbocycles. The maximum atomic E-state index is 15.4. The van der Waals surface area contributed by atoms with Crippen LogP contribution in [0.2, 0.25) is 0 Å². The summed E-state index contributed by atoms with van der Waals surface area (Å²) in [4.78, 5) is 20.5. The number of aromatic amines is 1. The molecule has 1 fully saturated rings. The van der Waals surface area contributed by atoms with Gasteiger partial charge in [0, 0.05) is 30.9 Å². The summed E-state index contributed by atoms with van der Waals surface area (Å²) < 4.78 is 43.7. The monoisotopic (exact) mass is 531 g/mol. The molecule has 11 heteroatoms. The lowest BCUT2D eigenvalue weighted by Crippen LogP contribution is -2.31. The van der Waals surface area contributed by atoms with E-state index in [1.165, 1.54) is 6.07 Å². The summed E-state index contributed by atoms with van der Waals surface area (Å²) in [7, 11) is 0. The molecule has 0 bridgehead atoms. The van der Waals surface area contributed by atoms with Crippen molar-refractivity contribution in [2.24, 2.45) is 0 Å². The van der Waals surface area contributed by atoms with Gasteiger partial charge in [0.2, 0.25) is 5.88 Å². The fourth-order valence-electron chi connectivity index (χ4n) is 4.53. The van der Waals surface area contributed by atoms with E-state index in [2.05, 4.69) is 20.2 Å². The maximum Gasteiger partial charge on any atom is 0.335 e. The number of aromatic carboxylic acids is 1. The van der Waals surface area contributed by atoms with E-state index in [0.717, 1.165) is 24.2 Å². The molecule has 6 rings (SSSR count). The van der Waals surface area contributed by atoms with Gasteiger partial charge in [-0.1, -0.05) is 6.07 Å².